The minimum absolute atomic E-state index is 0.0906. The number of carbonyl (C=O) groups excluding carboxylic acids is 3. The van der Waals surface area contributed by atoms with Gasteiger partial charge in [0, 0.05) is 17.8 Å². The summed E-state index contributed by atoms with van der Waals surface area (Å²) >= 11 is 0. The Morgan fingerprint density at radius 3 is 2.45 bits per heavy atom. The highest BCUT2D eigenvalue weighted by molar-refractivity contribution is 7.89. The number of rotatable bonds is 9. The minimum atomic E-state index is -3.99. The van der Waals surface area contributed by atoms with Crippen LogP contribution in [0, 0.1) is 5.92 Å². The number of nitrogens with zero attached hydrogens (tertiary/aromatic N) is 2. The second kappa shape index (κ2) is 13.0. The van der Waals surface area contributed by atoms with Crippen molar-refractivity contribution in [3.63, 3.8) is 0 Å². The summed E-state index contributed by atoms with van der Waals surface area (Å²) < 4.78 is 33.4. The third-order valence-corrected chi connectivity index (χ3v) is 10.0. The van der Waals surface area contributed by atoms with Gasteiger partial charge in [0.1, 0.15) is 11.8 Å². The van der Waals surface area contributed by atoms with Crippen molar-refractivity contribution >= 4 is 27.6 Å². The number of carbonyl (C=O) groups is 3. The van der Waals surface area contributed by atoms with E-state index in [-0.39, 0.29) is 29.7 Å². The lowest BCUT2D eigenvalue weighted by Crippen LogP contribution is -2.52. The van der Waals surface area contributed by atoms with Gasteiger partial charge in [-0.25, -0.2) is 13.4 Å². The Labute approximate surface area is 245 Å². The van der Waals surface area contributed by atoms with E-state index in [0.717, 1.165) is 35.6 Å². The Morgan fingerprint density at radius 1 is 1.00 bits per heavy atom. The van der Waals surface area contributed by atoms with Gasteiger partial charge in [0.25, 0.3) is 15.9 Å². The molecule has 0 unspecified atom stereocenters. The van der Waals surface area contributed by atoms with Crippen LogP contribution in [-0.2, 0) is 19.6 Å². The molecule has 0 bridgehead atoms. The van der Waals surface area contributed by atoms with Crippen molar-refractivity contribution in [1.29, 1.82) is 0 Å². The van der Waals surface area contributed by atoms with Crippen molar-refractivity contribution in [1.82, 2.24) is 19.9 Å². The van der Waals surface area contributed by atoms with Crippen LogP contribution in [0.2, 0.25) is 0 Å². The molecular formula is C31H36N4O6S. The molecule has 3 heterocycles. The molecule has 11 heteroatoms. The number of ketones is 1. The second-order valence-corrected chi connectivity index (χ2v) is 13.0. The standard InChI is InChI=1S/C31H36N4O6S/c1-21-14-15-24(26(36)20-35(21)42(39,40)29-13-7-8-18-32-29)33-30(37)25(19-22-9-5-6-10-22)34-31(38)28-17-16-27(41-28)23-11-3-2-4-12-23/h2-4,7-8,11-13,16-18,21-22,24-25H,5-6,9-10,14-15,19-20H2,1H3,(H,33,37)(H,34,38)/t21-,24+,25+/m1/s1. The maximum Gasteiger partial charge on any atom is 0.287 e. The van der Waals surface area contributed by atoms with Gasteiger partial charge in [0.05, 0.1) is 12.6 Å². The number of aromatic nitrogens is 1. The first-order chi connectivity index (χ1) is 20.2. The summed E-state index contributed by atoms with van der Waals surface area (Å²) in [6.45, 7) is 1.37. The number of benzene rings is 1. The Hall–Kier alpha value is -3.83. The van der Waals surface area contributed by atoms with Crippen LogP contribution in [0.4, 0.5) is 0 Å². The van der Waals surface area contributed by atoms with Gasteiger partial charge in [-0.1, -0.05) is 62.1 Å². The normalized spacial score (nSPS) is 21.0. The molecule has 42 heavy (non-hydrogen) atoms. The third-order valence-electron chi connectivity index (χ3n) is 8.15. The molecule has 2 amide bonds. The maximum absolute atomic E-state index is 13.6. The highest BCUT2D eigenvalue weighted by Crippen LogP contribution is 2.29. The molecule has 10 nitrogen and oxygen atoms in total. The molecule has 3 atom stereocenters. The molecule has 1 aliphatic carbocycles. The van der Waals surface area contributed by atoms with E-state index in [1.165, 1.54) is 12.3 Å². The zero-order chi connectivity index (χ0) is 29.7. The minimum Gasteiger partial charge on any atom is -0.451 e. The van der Waals surface area contributed by atoms with Crippen LogP contribution in [0.3, 0.4) is 0 Å². The van der Waals surface area contributed by atoms with Gasteiger partial charge in [-0.15, -0.1) is 0 Å². The first kappa shape index (κ1) is 29.7. The summed E-state index contributed by atoms with van der Waals surface area (Å²) in [5.74, 6) is -0.465. The van der Waals surface area contributed by atoms with Crippen LogP contribution in [-0.4, -0.2) is 60.0 Å². The van der Waals surface area contributed by atoms with Crippen LogP contribution in [0.25, 0.3) is 11.3 Å². The van der Waals surface area contributed by atoms with Gasteiger partial charge < -0.3 is 15.1 Å². The molecule has 1 saturated carbocycles. The molecule has 2 aliphatic rings. The fourth-order valence-electron chi connectivity index (χ4n) is 5.76. The molecule has 3 aromatic rings. The highest BCUT2D eigenvalue weighted by atomic mass is 32.2. The van der Waals surface area contributed by atoms with E-state index in [9.17, 15) is 22.8 Å². The zero-order valence-electron chi connectivity index (χ0n) is 23.6. The van der Waals surface area contributed by atoms with Crippen molar-refractivity contribution < 1.29 is 27.2 Å². The molecule has 1 aromatic carbocycles. The summed E-state index contributed by atoms with van der Waals surface area (Å²) in [5.41, 5.74) is 0.831. The first-order valence-corrected chi connectivity index (χ1v) is 15.9. The zero-order valence-corrected chi connectivity index (χ0v) is 24.4. The van der Waals surface area contributed by atoms with Crippen molar-refractivity contribution in [2.75, 3.05) is 6.54 Å². The van der Waals surface area contributed by atoms with E-state index in [1.54, 1.807) is 31.2 Å². The smallest absolute Gasteiger partial charge is 0.287 e. The predicted molar refractivity (Wildman–Crippen MR) is 156 cm³/mol. The molecule has 0 radical (unpaired) electrons. The molecule has 5 rings (SSSR count). The van der Waals surface area contributed by atoms with Crippen LogP contribution in [0.15, 0.2) is 76.3 Å². The lowest BCUT2D eigenvalue weighted by atomic mass is 9.97. The Kier molecular flexibility index (Phi) is 9.18. The molecule has 222 valence electrons. The molecule has 0 spiro atoms. The number of nitrogens with one attached hydrogen (secondary N) is 2. The van der Waals surface area contributed by atoms with E-state index in [0.29, 0.717) is 18.6 Å². The number of Topliss-reactive ketones (excluding diaryl/α,β-unsaturated/α-hetero) is 1. The van der Waals surface area contributed by atoms with Crippen molar-refractivity contribution in [2.24, 2.45) is 5.92 Å². The average Bonchev–Trinajstić information content (AvgIpc) is 3.68. The van der Waals surface area contributed by atoms with Gasteiger partial charge in [-0.05, 0) is 56.4 Å². The molecule has 2 fully saturated rings. The summed E-state index contributed by atoms with van der Waals surface area (Å²) in [6.07, 6.45) is 6.58. The third kappa shape index (κ3) is 6.79. The van der Waals surface area contributed by atoms with Crippen LogP contribution in [0.5, 0.6) is 0 Å². The second-order valence-electron chi connectivity index (χ2n) is 11.1. The van der Waals surface area contributed by atoms with Gasteiger partial charge in [0.2, 0.25) is 5.91 Å². The first-order valence-electron chi connectivity index (χ1n) is 14.4. The van der Waals surface area contributed by atoms with Crippen molar-refractivity contribution in [3.05, 3.63) is 72.6 Å². The lowest BCUT2D eigenvalue weighted by Gasteiger charge is -2.25. The molecule has 1 aliphatic heterocycles. The number of hydrogen-bond donors (Lipinski definition) is 2. The maximum atomic E-state index is 13.6. The number of hydrogen-bond acceptors (Lipinski definition) is 7. The van der Waals surface area contributed by atoms with Gasteiger partial charge >= 0.3 is 0 Å². The largest absolute Gasteiger partial charge is 0.451 e. The van der Waals surface area contributed by atoms with Crippen LogP contribution in [0.1, 0.15) is 62.4 Å². The SMILES string of the molecule is C[C@@H]1CC[C@H](NC(=O)[C@H](CC2CCCC2)NC(=O)c2ccc(-c3ccccc3)o2)C(=O)CN1S(=O)(=O)c1ccccn1. The molecule has 2 N–H and O–H groups in total. The molecular weight excluding hydrogens is 556 g/mol. The van der Waals surface area contributed by atoms with E-state index in [2.05, 4.69) is 15.6 Å². The fraction of sp³-hybridized carbons (Fsp3) is 0.419. The van der Waals surface area contributed by atoms with Gasteiger partial charge in [-0.3, -0.25) is 14.4 Å². The van der Waals surface area contributed by atoms with Crippen molar-refractivity contribution in [2.45, 2.75) is 75.0 Å². The van der Waals surface area contributed by atoms with E-state index in [4.69, 9.17) is 4.42 Å². The molecule has 2 aromatic heterocycles. The predicted octanol–water partition coefficient (Wildman–Crippen LogP) is 3.95. The number of amides is 2. The number of sulfonamides is 1. The highest BCUT2D eigenvalue weighted by Gasteiger charge is 2.38. The Balaban J connectivity index is 1.28. The van der Waals surface area contributed by atoms with E-state index in [1.807, 2.05) is 30.3 Å². The van der Waals surface area contributed by atoms with Crippen LogP contribution < -0.4 is 10.6 Å². The summed E-state index contributed by atoms with van der Waals surface area (Å²) in [5, 5.41) is 5.54. The van der Waals surface area contributed by atoms with E-state index >= 15 is 0 Å². The number of furan rings is 1. The quantitative estimate of drug-likeness (QED) is 0.384. The summed E-state index contributed by atoms with van der Waals surface area (Å²) in [4.78, 5) is 44.0. The molecule has 1 saturated heterocycles. The Morgan fingerprint density at radius 2 is 1.74 bits per heavy atom. The Bertz CT molecular complexity index is 1500. The number of pyridine rings is 1. The monoisotopic (exact) mass is 592 g/mol. The van der Waals surface area contributed by atoms with Crippen LogP contribution >= 0.6 is 0 Å². The fourth-order valence-corrected chi connectivity index (χ4v) is 7.32. The van der Waals surface area contributed by atoms with Gasteiger partial charge in [0.15, 0.2) is 16.6 Å². The lowest BCUT2D eigenvalue weighted by molar-refractivity contribution is -0.129. The topological polar surface area (TPSA) is 139 Å². The van der Waals surface area contributed by atoms with Gasteiger partial charge in [-0.2, -0.15) is 4.31 Å². The van der Waals surface area contributed by atoms with Crippen molar-refractivity contribution in [3.8, 4) is 11.3 Å². The average molecular weight is 593 g/mol. The summed E-state index contributed by atoms with van der Waals surface area (Å²) in [7, 11) is -3.99. The summed E-state index contributed by atoms with van der Waals surface area (Å²) in [6, 6.07) is 15.1. The van der Waals surface area contributed by atoms with E-state index < -0.39 is 45.7 Å².